The van der Waals surface area contributed by atoms with Gasteiger partial charge in [0.2, 0.25) is 11.8 Å². The molecule has 1 aliphatic heterocycles. The molecular formula is C29H46N4O6. The Kier molecular flexibility index (Phi) is 13.2. The first-order valence-electron chi connectivity index (χ1n) is 13.9. The van der Waals surface area contributed by atoms with E-state index in [1.165, 1.54) is 0 Å². The van der Waals surface area contributed by atoms with Gasteiger partial charge in [0, 0.05) is 13.0 Å². The van der Waals surface area contributed by atoms with Crippen molar-refractivity contribution < 1.29 is 29.1 Å². The molecule has 2 rings (SSSR count). The topological polar surface area (TPSA) is 166 Å². The maximum absolute atomic E-state index is 14.4. The minimum Gasteiger partial charge on any atom is -0.394 e. The van der Waals surface area contributed by atoms with Crippen molar-refractivity contribution in [2.45, 2.75) is 84.0 Å². The number of carbonyl (C=O) groups is 3. The summed E-state index contributed by atoms with van der Waals surface area (Å²) in [5.41, 5.74) is 8.42. The first-order chi connectivity index (χ1) is 18.7. The lowest BCUT2D eigenvalue weighted by Crippen LogP contribution is -2.67. The van der Waals surface area contributed by atoms with Gasteiger partial charge in [-0.3, -0.25) is 19.8 Å². The highest BCUT2D eigenvalue weighted by Crippen LogP contribution is 2.40. The van der Waals surface area contributed by atoms with Crippen molar-refractivity contribution in [3.05, 3.63) is 42.0 Å². The average Bonchev–Trinajstić information content (AvgIpc) is 2.97. The van der Waals surface area contributed by atoms with Gasteiger partial charge in [0.1, 0.15) is 11.0 Å². The normalized spacial score (nSPS) is 20.4. The van der Waals surface area contributed by atoms with Gasteiger partial charge < -0.3 is 15.6 Å². The van der Waals surface area contributed by atoms with Gasteiger partial charge >= 0.3 is 0 Å². The fourth-order valence-electron chi connectivity index (χ4n) is 5.16. The third-order valence-electron chi connectivity index (χ3n) is 7.60. The molecule has 0 bridgehead atoms. The number of ketones is 1. The summed E-state index contributed by atoms with van der Waals surface area (Å²) in [6.07, 6.45) is 6.87. The van der Waals surface area contributed by atoms with Crippen LogP contribution in [-0.4, -0.2) is 47.7 Å². The molecule has 10 nitrogen and oxygen atoms in total. The molecule has 1 heterocycles. The number of Topliss-reactive ketones (excluding diaryl/α,β-unsaturated/α-hetero) is 1. The van der Waals surface area contributed by atoms with Crippen molar-refractivity contribution in [1.82, 2.24) is 10.9 Å². The Morgan fingerprint density at radius 2 is 1.95 bits per heavy atom. The number of allylic oxidation sites excluding steroid dienone is 1. The zero-order chi connectivity index (χ0) is 28.9. The molecule has 1 saturated heterocycles. The van der Waals surface area contributed by atoms with Crippen LogP contribution in [0, 0.1) is 17.3 Å². The summed E-state index contributed by atoms with van der Waals surface area (Å²) in [5.74, 6) is 2.21. The fourth-order valence-corrected chi connectivity index (χ4v) is 5.16. The quantitative estimate of drug-likeness (QED) is 0.0913. The minimum absolute atomic E-state index is 0.00813. The summed E-state index contributed by atoms with van der Waals surface area (Å²) in [7, 11) is 0. The number of hydroxylamine groups is 1. The molecule has 0 aliphatic carbocycles. The molecule has 5 atom stereocenters. The van der Waals surface area contributed by atoms with Gasteiger partial charge in [0.15, 0.2) is 12.1 Å². The van der Waals surface area contributed by atoms with E-state index in [0.29, 0.717) is 25.9 Å². The standard InChI is InChI=1S/C29H46N4O6/c1-4-17-28(27(37)32-31,19-21(3)5-2)26(36)29(30,20-34)23(15-11-14-22-12-7-6-8-13-22)25(35)33-39-24-16-9-10-18-38-24/h6-8,11-14,21,23-24,34H,4-5,9-10,15-20,30-31H2,1-3H3,(H,32,37)(H,33,35)/b14-11+/t21?,23-,24?,28?,29+/m1/s1. The Labute approximate surface area is 231 Å². The Balaban J connectivity index is 2.48. The first kappa shape index (κ1) is 32.6. The minimum atomic E-state index is -2.10. The zero-order valence-electron chi connectivity index (χ0n) is 23.5. The van der Waals surface area contributed by atoms with Gasteiger partial charge in [-0.25, -0.2) is 16.2 Å². The smallest absolute Gasteiger partial charge is 0.249 e. The van der Waals surface area contributed by atoms with Gasteiger partial charge in [-0.05, 0) is 43.6 Å². The molecule has 1 aromatic carbocycles. The van der Waals surface area contributed by atoms with Crippen LogP contribution in [0.25, 0.3) is 6.08 Å². The average molecular weight is 547 g/mol. The van der Waals surface area contributed by atoms with Crippen LogP contribution in [0.5, 0.6) is 0 Å². The van der Waals surface area contributed by atoms with E-state index in [0.717, 1.165) is 18.4 Å². The number of ether oxygens (including phenoxy) is 1. The van der Waals surface area contributed by atoms with Crippen LogP contribution in [0.4, 0.5) is 0 Å². The zero-order valence-corrected chi connectivity index (χ0v) is 23.5. The van der Waals surface area contributed by atoms with E-state index in [4.69, 9.17) is 21.2 Å². The largest absolute Gasteiger partial charge is 0.394 e. The lowest BCUT2D eigenvalue weighted by Gasteiger charge is -2.42. The van der Waals surface area contributed by atoms with E-state index < -0.39 is 47.4 Å². The van der Waals surface area contributed by atoms with Crippen molar-refractivity contribution in [2.75, 3.05) is 13.2 Å². The Morgan fingerprint density at radius 1 is 1.23 bits per heavy atom. The highest BCUT2D eigenvalue weighted by molar-refractivity contribution is 6.11. The number of aliphatic hydroxyl groups is 1. The van der Waals surface area contributed by atoms with E-state index in [-0.39, 0.29) is 25.2 Å². The fraction of sp³-hybridized carbons (Fsp3) is 0.621. The number of hydrogen-bond donors (Lipinski definition) is 5. The van der Waals surface area contributed by atoms with Crippen molar-refractivity contribution >= 4 is 23.7 Å². The number of amides is 2. The Morgan fingerprint density at radius 3 is 2.51 bits per heavy atom. The van der Waals surface area contributed by atoms with Crippen LogP contribution in [0.1, 0.15) is 77.7 Å². The van der Waals surface area contributed by atoms with E-state index in [1.54, 1.807) is 12.2 Å². The van der Waals surface area contributed by atoms with Crippen molar-refractivity contribution in [1.29, 1.82) is 0 Å². The van der Waals surface area contributed by atoms with E-state index >= 15 is 0 Å². The molecule has 0 saturated carbocycles. The Bertz CT molecular complexity index is 952. The predicted molar refractivity (Wildman–Crippen MR) is 149 cm³/mol. The number of aliphatic hydroxyl groups excluding tert-OH is 1. The van der Waals surface area contributed by atoms with Crippen molar-refractivity contribution in [2.24, 2.45) is 28.8 Å². The van der Waals surface area contributed by atoms with E-state index in [1.807, 2.05) is 51.1 Å². The number of carbonyl (C=O) groups excluding carboxylic acids is 3. The second-order valence-corrected chi connectivity index (χ2v) is 10.5. The lowest BCUT2D eigenvalue weighted by atomic mass is 9.63. The van der Waals surface area contributed by atoms with E-state index in [9.17, 15) is 19.5 Å². The number of nitrogens with two attached hydrogens (primary N) is 2. The molecule has 2 amide bonds. The number of hydrazine groups is 1. The third-order valence-corrected chi connectivity index (χ3v) is 7.60. The predicted octanol–water partition coefficient (Wildman–Crippen LogP) is 2.75. The van der Waals surface area contributed by atoms with Gasteiger partial charge in [-0.15, -0.1) is 0 Å². The van der Waals surface area contributed by atoms with Crippen LogP contribution < -0.4 is 22.5 Å². The molecule has 0 aromatic heterocycles. The second kappa shape index (κ2) is 15.8. The third kappa shape index (κ3) is 8.43. The van der Waals surface area contributed by atoms with Crippen LogP contribution >= 0.6 is 0 Å². The molecule has 1 fully saturated rings. The van der Waals surface area contributed by atoms with Crippen molar-refractivity contribution in [3.8, 4) is 0 Å². The molecule has 1 aromatic rings. The Hall–Kier alpha value is -2.63. The lowest BCUT2D eigenvalue weighted by molar-refractivity contribution is -0.203. The van der Waals surface area contributed by atoms with Crippen LogP contribution in [-0.2, 0) is 24.0 Å². The molecule has 3 unspecified atom stereocenters. The molecule has 0 spiro atoms. The van der Waals surface area contributed by atoms with Gasteiger partial charge in [-0.2, -0.15) is 0 Å². The summed E-state index contributed by atoms with van der Waals surface area (Å²) >= 11 is 0. The molecule has 218 valence electrons. The summed E-state index contributed by atoms with van der Waals surface area (Å²) in [4.78, 5) is 46.7. The number of benzene rings is 1. The maximum Gasteiger partial charge on any atom is 0.249 e. The molecule has 7 N–H and O–H groups in total. The molecule has 1 aliphatic rings. The van der Waals surface area contributed by atoms with Crippen LogP contribution in [0.2, 0.25) is 0 Å². The SMILES string of the molecule is CCCC(CC(C)CC)(C(=O)NN)C(=O)[C@](N)(CO)[C@H](C/C=C/c1ccccc1)C(=O)NOC1CCCCO1. The van der Waals surface area contributed by atoms with Gasteiger partial charge in [0.05, 0.1) is 12.5 Å². The number of rotatable bonds is 16. The van der Waals surface area contributed by atoms with Crippen molar-refractivity contribution in [3.63, 3.8) is 0 Å². The molecule has 0 radical (unpaired) electrons. The first-order valence-corrected chi connectivity index (χ1v) is 13.9. The summed E-state index contributed by atoms with van der Waals surface area (Å²) < 4.78 is 5.53. The molecular weight excluding hydrogens is 500 g/mol. The maximum atomic E-state index is 14.4. The van der Waals surface area contributed by atoms with E-state index in [2.05, 4.69) is 10.9 Å². The summed E-state index contributed by atoms with van der Waals surface area (Å²) in [6, 6.07) is 9.44. The van der Waals surface area contributed by atoms with Crippen LogP contribution in [0.15, 0.2) is 36.4 Å². The second-order valence-electron chi connectivity index (χ2n) is 10.5. The van der Waals surface area contributed by atoms with Crippen LogP contribution in [0.3, 0.4) is 0 Å². The molecule has 39 heavy (non-hydrogen) atoms. The highest BCUT2D eigenvalue weighted by atomic mass is 16.8. The van der Waals surface area contributed by atoms with Gasteiger partial charge in [-0.1, -0.05) is 76.1 Å². The highest BCUT2D eigenvalue weighted by Gasteiger charge is 2.56. The van der Waals surface area contributed by atoms with Gasteiger partial charge in [0.25, 0.3) is 0 Å². The summed E-state index contributed by atoms with van der Waals surface area (Å²) in [5, 5.41) is 10.6. The molecule has 10 heteroatoms. The number of hydrogen-bond acceptors (Lipinski definition) is 8. The summed E-state index contributed by atoms with van der Waals surface area (Å²) in [6.45, 7) is 5.41. The monoisotopic (exact) mass is 546 g/mol. The number of nitrogens with one attached hydrogen (secondary N) is 2.